The molecule has 0 amide bonds. The maximum atomic E-state index is 10.6. The molecule has 0 fully saturated rings. The molecule has 0 spiro atoms. The van der Waals surface area contributed by atoms with Gasteiger partial charge >= 0.3 is 5.97 Å². The molecule has 0 saturated heterocycles. The molecular weight excluding hydrogens is 186 g/mol. The van der Waals surface area contributed by atoms with Gasteiger partial charge in [-0.15, -0.1) is 0 Å². The van der Waals surface area contributed by atoms with Crippen LogP contribution in [-0.2, 0) is 9.59 Å². The summed E-state index contributed by atoms with van der Waals surface area (Å²) in [6.07, 6.45) is 2.49. The summed E-state index contributed by atoms with van der Waals surface area (Å²) in [5.74, 6) is -2.57. The standard InChI is InChI=1S/C9H9NO4/c11-8(12)6-7(9(13)14)10-4-2-1-3-5-10/h1-5,7H,6H2,(H-,11,12,13,14)/t7-/m1/s1. The van der Waals surface area contributed by atoms with Gasteiger partial charge in [0, 0.05) is 12.1 Å². The highest BCUT2D eigenvalue weighted by Gasteiger charge is 2.22. The molecule has 5 nitrogen and oxygen atoms in total. The Balaban J connectivity index is 2.89. The van der Waals surface area contributed by atoms with Crippen LogP contribution in [0.15, 0.2) is 30.6 Å². The average molecular weight is 195 g/mol. The fourth-order valence-corrected chi connectivity index (χ4v) is 1.10. The summed E-state index contributed by atoms with van der Waals surface area (Å²) in [5, 5.41) is 19.1. The average Bonchev–Trinajstić information content (AvgIpc) is 2.15. The summed E-state index contributed by atoms with van der Waals surface area (Å²) >= 11 is 0. The minimum absolute atomic E-state index is 0.489. The van der Waals surface area contributed by atoms with Gasteiger partial charge in [0.15, 0.2) is 12.4 Å². The number of hydrogen-bond acceptors (Lipinski definition) is 3. The number of aliphatic carboxylic acids is 2. The number of rotatable bonds is 4. The van der Waals surface area contributed by atoms with Crippen molar-refractivity contribution in [3.63, 3.8) is 0 Å². The molecule has 0 aliphatic rings. The quantitative estimate of drug-likeness (QED) is 0.608. The Kier molecular flexibility index (Phi) is 3.17. The second-order valence-corrected chi connectivity index (χ2v) is 2.76. The van der Waals surface area contributed by atoms with E-state index in [4.69, 9.17) is 5.11 Å². The van der Waals surface area contributed by atoms with Gasteiger partial charge in [-0.3, -0.25) is 4.79 Å². The minimum Gasteiger partial charge on any atom is -0.543 e. The van der Waals surface area contributed by atoms with Gasteiger partial charge in [0.1, 0.15) is 12.4 Å². The van der Waals surface area contributed by atoms with E-state index in [1.54, 1.807) is 18.2 Å². The zero-order valence-electron chi connectivity index (χ0n) is 7.29. The normalized spacial score (nSPS) is 12.0. The molecule has 5 heteroatoms. The number of carboxylic acid groups (broad SMARTS) is 2. The van der Waals surface area contributed by atoms with Gasteiger partial charge in [-0.1, -0.05) is 6.07 Å². The van der Waals surface area contributed by atoms with E-state index in [2.05, 4.69) is 0 Å². The fourth-order valence-electron chi connectivity index (χ4n) is 1.10. The van der Waals surface area contributed by atoms with Gasteiger partial charge in [-0.2, -0.15) is 4.57 Å². The highest BCUT2D eigenvalue weighted by Crippen LogP contribution is 2.00. The molecule has 1 rings (SSSR count). The number of aromatic nitrogens is 1. The van der Waals surface area contributed by atoms with Gasteiger partial charge in [0.25, 0.3) is 0 Å². The first-order chi connectivity index (χ1) is 6.61. The summed E-state index contributed by atoms with van der Waals surface area (Å²) in [5.41, 5.74) is 0. The lowest BCUT2D eigenvalue weighted by Gasteiger charge is -2.10. The maximum Gasteiger partial charge on any atom is 0.310 e. The van der Waals surface area contributed by atoms with Crippen LogP contribution in [0, 0.1) is 0 Å². The predicted octanol–water partition coefficient (Wildman–Crippen LogP) is -1.26. The van der Waals surface area contributed by atoms with Crippen LogP contribution in [0.25, 0.3) is 0 Å². The summed E-state index contributed by atoms with van der Waals surface area (Å²) in [6.45, 7) is 0. The number of carbonyl (C=O) groups excluding carboxylic acids is 1. The molecule has 14 heavy (non-hydrogen) atoms. The van der Waals surface area contributed by atoms with Crippen LogP contribution in [-0.4, -0.2) is 17.0 Å². The third-order valence-electron chi connectivity index (χ3n) is 1.74. The smallest absolute Gasteiger partial charge is 0.310 e. The molecule has 0 aliphatic carbocycles. The van der Waals surface area contributed by atoms with E-state index in [9.17, 15) is 14.7 Å². The van der Waals surface area contributed by atoms with E-state index in [0.717, 1.165) is 0 Å². The van der Waals surface area contributed by atoms with E-state index >= 15 is 0 Å². The molecule has 1 aromatic rings. The number of nitrogens with zero attached hydrogens (tertiary/aromatic N) is 1. The van der Waals surface area contributed by atoms with Crippen LogP contribution < -0.4 is 9.67 Å². The van der Waals surface area contributed by atoms with Crippen LogP contribution in [0.1, 0.15) is 12.5 Å². The Labute approximate surface area is 80.2 Å². The zero-order chi connectivity index (χ0) is 10.6. The van der Waals surface area contributed by atoms with Gasteiger partial charge in [0.2, 0.25) is 6.04 Å². The topological polar surface area (TPSA) is 81.3 Å². The number of hydrogen-bond donors (Lipinski definition) is 1. The third-order valence-corrected chi connectivity index (χ3v) is 1.74. The Hall–Kier alpha value is -1.91. The minimum atomic E-state index is -1.40. The molecule has 0 aromatic carbocycles. The second-order valence-electron chi connectivity index (χ2n) is 2.76. The van der Waals surface area contributed by atoms with E-state index in [0.29, 0.717) is 0 Å². The largest absolute Gasteiger partial charge is 0.543 e. The van der Waals surface area contributed by atoms with Crippen molar-refractivity contribution >= 4 is 11.9 Å². The molecule has 74 valence electrons. The highest BCUT2D eigenvalue weighted by molar-refractivity contribution is 5.76. The Morgan fingerprint density at radius 2 is 1.86 bits per heavy atom. The van der Waals surface area contributed by atoms with Gasteiger partial charge in [-0.25, -0.2) is 0 Å². The molecule has 1 atom stereocenters. The first kappa shape index (κ1) is 10.2. The molecular formula is C9H9NO4. The fraction of sp³-hybridized carbons (Fsp3) is 0.222. The van der Waals surface area contributed by atoms with Gasteiger partial charge in [-0.05, 0) is 0 Å². The van der Waals surface area contributed by atoms with E-state index in [1.165, 1.54) is 17.0 Å². The zero-order valence-corrected chi connectivity index (χ0v) is 7.29. The first-order valence-corrected chi connectivity index (χ1v) is 3.99. The van der Waals surface area contributed by atoms with Crippen molar-refractivity contribution in [2.24, 2.45) is 0 Å². The van der Waals surface area contributed by atoms with E-state index in [1.807, 2.05) is 0 Å². The molecule has 1 N–H and O–H groups in total. The third kappa shape index (κ3) is 2.55. The molecule has 0 saturated carbocycles. The van der Waals surface area contributed by atoms with Crippen molar-refractivity contribution < 1.29 is 24.4 Å². The lowest BCUT2D eigenvalue weighted by atomic mass is 10.2. The number of pyridine rings is 1. The van der Waals surface area contributed by atoms with Crippen molar-refractivity contribution in [3.8, 4) is 0 Å². The molecule has 1 aromatic heterocycles. The summed E-state index contributed by atoms with van der Waals surface area (Å²) in [6, 6.07) is 3.80. The maximum absolute atomic E-state index is 10.6. The van der Waals surface area contributed by atoms with Crippen LogP contribution >= 0.6 is 0 Å². The second kappa shape index (κ2) is 4.36. The molecule has 0 aliphatic heterocycles. The molecule has 0 bridgehead atoms. The van der Waals surface area contributed by atoms with Crippen LogP contribution in [0.2, 0.25) is 0 Å². The lowest BCUT2D eigenvalue weighted by molar-refractivity contribution is -0.715. The van der Waals surface area contributed by atoms with Gasteiger partial charge < -0.3 is 15.0 Å². The van der Waals surface area contributed by atoms with Crippen LogP contribution in [0.5, 0.6) is 0 Å². The van der Waals surface area contributed by atoms with Crippen molar-refractivity contribution in [1.29, 1.82) is 0 Å². The van der Waals surface area contributed by atoms with E-state index in [-0.39, 0.29) is 0 Å². The molecule has 1 heterocycles. The Morgan fingerprint density at radius 1 is 1.29 bits per heavy atom. The number of carbonyl (C=O) groups is 2. The Bertz CT molecular complexity index is 336. The lowest BCUT2D eigenvalue weighted by Crippen LogP contribution is -2.49. The van der Waals surface area contributed by atoms with E-state index < -0.39 is 24.4 Å². The van der Waals surface area contributed by atoms with Crippen LogP contribution in [0.4, 0.5) is 0 Å². The summed E-state index contributed by atoms with van der Waals surface area (Å²) < 4.78 is 1.30. The monoisotopic (exact) mass is 195 g/mol. The van der Waals surface area contributed by atoms with Crippen molar-refractivity contribution in [3.05, 3.63) is 30.6 Å². The SMILES string of the molecule is O=C(O)C[C@H](C(=O)[O-])[n+]1ccccc1. The first-order valence-electron chi connectivity index (χ1n) is 3.99. The number of carboxylic acids is 2. The van der Waals surface area contributed by atoms with Crippen molar-refractivity contribution in [2.45, 2.75) is 12.5 Å². The highest BCUT2D eigenvalue weighted by atomic mass is 16.4. The Morgan fingerprint density at radius 3 is 2.29 bits per heavy atom. The molecule has 0 radical (unpaired) electrons. The van der Waals surface area contributed by atoms with Gasteiger partial charge in [0.05, 0.1) is 0 Å². The molecule has 0 unspecified atom stereocenters. The predicted molar refractivity (Wildman–Crippen MR) is 42.9 cm³/mol. The van der Waals surface area contributed by atoms with Crippen molar-refractivity contribution in [2.75, 3.05) is 0 Å². The van der Waals surface area contributed by atoms with Crippen LogP contribution in [0.3, 0.4) is 0 Å². The van der Waals surface area contributed by atoms with Crippen molar-refractivity contribution in [1.82, 2.24) is 0 Å². The summed E-state index contributed by atoms with van der Waals surface area (Å²) in [7, 11) is 0. The summed E-state index contributed by atoms with van der Waals surface area (Å²) in [4.78, 5) is 21.0.